The lowest BCUT2D eigenvalue weighted by Crippen LogP contribution is -2.54. The van der Waals surface area contributed by atoms with Gasteiger partial charge in [0.2, 0.25) is 5.91 Å². The quantitative estimate of drug-likeness (QED) is 0.320. The number of urea groups is 1. The maximum Gasteiger partial charge on any atom is 0.317 e. The smallest absolute Gasteiger partial charge is 0.317 e. The molecule has 0 aromatic rings. The number of carboxylic acids is 1. The first-order valence-corrected chi connectivity index (χ1v) is 10.9. The number of amides is 3. The summed E-state index contributed by atoms with van der Waals surface area (Å²) in [5, 5.41) is 18.4. The Labute approximate surface area is 164 Å². The van der Waals surface area contributed by atoms with E-state index in [1.807, 2.05) is 23.6 Å². The fraction of sp³-hybridized carbons (Fsp3) is 0.833. The molecule has 2 heterocycles. The van der Waals surface area contributed by atoms with Gasteiger partial charge in [-0.3, -0.25) is 14.5 Å². The molecule has 0 bridgehead atoms. The van der Waals surface area contributed by atoms with Crippen molar-refractivity contribution in [2.75, 3.05) is 18.8 Å². The molecule has 9 heteroatoms. The molecule has 2 aliphatic heterocycles. The highest BCUT2D eigenvalue weighted by Gasteiger charge is 2.42. The van der Waals surface area contributed by atoms with Crippen molar-refractivity contribution >= 4 is 29.7 Å². The molecule has 3 atom stereocenters. The summed E-state index contributed by atoms with van der Waals surface area (Å²) in [5.41, 5.74) is 0. The molecule has 0 unspecified atom stereocenters. The van der Waals surface area contributed by atoms with Crippen molar-refractivity contribution in [1.29, 1.82) is 0 Å². The average Bonchev–Trinajstić information content (AvgIpc) is 3.12. The zero-order valence-corrected chi connectivity index (χ0v) is 16.6. The van der Waals surface area contributed by atoms with Crippen molar-refractivity contribution < 1.29 is 19.5 Å². The van der Waals surface area contributed by atoms with Crippen LogP contribution in [-0.2, 0) is 9.59 Å². The Balaban J connectivity index is 1.26. The molecule has 0 spiro atoms. The number of carboxylic acid groups (broad SMARTS) is 1. The molecule has 27 heavy (non-hydrogen) atoms. The van der Waals surface area contributed by atoms with Crippen LogP contribution in [0, 0.1) is 0 Å². The normalized spacial score (nSPS) is 31.8. The summed E-state index contributed by atoms with van der Waals surface area (Å²) >= 11 is 1.90. The molecule has 1 saturated carbocycles. The van der Waals surface area contributed by atoms with Gasteiger partial charge in [0.15, 0.2) is 0 Å². The molecule has 3 amide bonds. The zero-order valence-electron chi connectivity index (χ0n) is 15.8. The molecular weight excluding hydrogens is 368 g/mol. The van der Waals surface area contributed by atoms with Crippen molar-refractivity contribution in [1.82, 2.24) is 20.9 Å². The lowest BCUT2D eigenvalue weighted by molar-refractivity contribution is -0.139. The van der Waals surface area contributed by atoms with Crippen molar-refractivity contribution in [3.63, 3.8) is 0 Å². The molecule has 0 radical (unpaired) electrons. The van der Waals surface area contributed by atoms with E-state index in [1.165, 1.54) is 0 Å². The molecule has 0 aromatic heterocycles. The van der Waals surface area contributed by atoms with Gasteiger partial charge in [-0.25, -0.2) is 4.79 Å². The third-order valence-corrected chi connectivity index (χ3v) is 7.33. The van der Waals surface area contributed by atoms with Crippen LogP contribution in [0.15, 0.2) is 0 Å². The Morgan fingerprint density at radius 1 is 1.30 bits per heavy atom. The summed E-state index contributed by atoms with van der Waals surface area (Å²) in [7, 11) is 0. The van der Waals surface area contributed by atoms with Gasteiger partial charge in [0, 0.05) is 29.5 Å². The number of carbonyl (C=O) groups is 3. The largest absolute Gasteiger partial charge is 0.480 e. The van der Waals surface area contributed by atoms with Gasteiger partial charge in [0.05, 0.1) is 18.6 Å². The maximum absolute atomic E-state index is 12.1. The second-order valence-corrected chi connectivity index (χ2v) is 8.99. The Bertz CT molecular complexity index is 570. The van der Waals surface area contributed by atoms with E-state index in [0.29, 0.717) is 18.2 Å². The van der Waals surface area contributed by atoms with E-state index in [0.717, 1.165) is 37.9 Å². The van der Waals surface area contributed by atoms with Crippen LogP contribution in [0.2, 0.25) is 0 Å². The first-order chi connectivity index (χ1) is 13.0. The van der Waals surface area contributed by atoms with E-state index in [-0.39, 0.29) is 42.7 Å². The number of fused-ring (bicyclic) bond motifs is 1. The average molecular weight is 399 g/mol. The summed E-state index contributed by atoms with van der Waals surface area (Å²) in [6, 6.07) is 0.871. The second kappa shape index (κ2) is 9.14. The Morgan fingerprint density at radius 2 is 2.07 bits per heavy atom. The topological polar surface area (TPSA) is 111 Å². The number of thioether (sulfide) groups is 1. The fourth-order valence-corrected chi connectivity index (χ4v) is 5.79. The maximum atomic E-state index is 12.1. The highest BCUT2D eigenvalue weighted by molar-refractivity contribution is 8.00. The predicted octanol–water partition coefficient (Wildman–Crippen LogP) is 0.766. The summed E-state index contributed by atoms with van der Waals surface area (Å²) in [4.78, 5) is 36.3. The molecule has 0 aromatic carbocycles. The lowest BCUT2D eigenvalue weighted by atomic mass is 9.85. The van der Waals surface area contributed by atoms with E-state index in [4.69, 9.17) is 5.11 Å². The lowest BCUT2D eigenvalue weighted by Gasteiger charge is -2.42. The van der Waals surface area contributed by atoms with Gasteiger partial charge in [-0.1, -0.05) is 13.3 Å². The fourth-order valence-electron chi connectivity index (χ4n) is 4.25. The number of unbranched alkanes of at least 4 members (excludes halogenated alkanes) is 1. The van der Waals surface area contributed by atoms with Gasteiger partial charge < -0.3 is 21.1 Å². The van der Waals surface area contributed by atoms with Gasteiger partial charge in [0.25, 0.3) is 0 Å². The van der Waals surface area contributed by atoms with Crippen LogP contribution >= 0.6 is 11.8 Å². The molecule has 3 rings (SSSR count). The number of nitrogens with one attached hydrogen (secondary N) is 3. The monoisotopic (exact) mass is 398 g/mol. The summed E-state index contributed by atoms with van der Waals surface area (Å²) < 4.78 is 0. The zero-order chi connectivity index (χ0) is 19.4. The number of carbonyl (C=O) groups excluding carboxylic acids is 2. The van der Waals surface area contributed by atoms with Crippen molar-refractivity contribution in [3.8, 4) is 0 Å². The van der Waals surface area contributed by atoms with E-state index in [9.17, 15) is 14.4 Å². The Morgan fingerprint density at radius 3 is 2.78 bits per heavy atom. The van der Waals surface area contributed by atoms with Crippen LogP contribution in [0.25, 0.3) is 0 Å². The minimum atomic E-state index is -0.802. The number of aliphatic carboxylic acids is 1. The van der Waals surface area contributed by atoms with E-state index in [1.54, 1.807) is 0 Å². The van der Waals surface area contributed by atoms with E-state index < -0.39 is 5.97 Å². The summed E-state index contributed by atoms with van der Waals surface area (Å²) in [5.74, 6) is 0.255. The second-order valence-electron chi connectivity index (χ2n) is 7.71. The van der Waals surface area contributed by atoms with Crippen LogP contribution < -0.4 is 16.0 Å². The summed E-state index contributed by atoms with van der Waals surface area (Å²) in [6.45, 7) is 2.75. The van der Waals surface area contributed by atoms with Crippen LogP contribution in [0.5, 0.6) is 0 Å². The molecule has 152 valence electrons. The minimum Gasteiger partial charge on any atom is -0.480 e. The van der Waals surface area contributed by atoms with E-state index >= 15 is 0 Å². The molecule has 8 nitrogen and oxygen atoms in total. The SMILES string of the molecule is CCN(CC(=O)O)C1CC(NC(=O)CCCC[C@@H]2SC[C@@H]3NC(=O)N[C@@H]32)C1. The van der Waals surface area contributed by atoms with E-state index in [2.05, 4.69) is 16.0 Å². The van der Waals surface area contributed by atoms with Gasteiger partial charge in [0.1, 0.15) is 0 Å². The minimum absolute atomic E-state index is 0.0570. The van der Waals surface area contributed by atoms with Gasteiger partial charge in [-0.05, 0) is 32.2 Å². The van der Waals surface area contributed by atoms with Gasteiger partial charge in [-0.15, -0.1) is 0 Å². The van der Waals surface area contributed by atoms with Crippen molar-refractivity contribution in [2.24, 2.45) is 0 Å². The van der Waals surface area contributed by atoms with Crippen LogP contribution in [0.3, 0.4) is 0 Å². The molecule has 3 fully saturated rings. The standard InChI is InChI=1S/C18H30N4O4S/c1-2-22(9-16(24)25)12-7-11(8-12)19-15(23)6-4-3-5-14-17-13(10-27-14)20-18(26)21-17/h11-14,17H,2-10H2,1H3,(H,19,23)(H,24,25)(H2,20,21,26)/t11?,12?,13-,14-,17-/m0/s1. The van der Waals surface area contributed by atoms with Crippen LogP contribution in [-0.4, -0.2) is 76.2 Å². The molecule has 2 saturated heterocycles. The first-order valence-electron chi connectivity index (χ1n) is 9.90. The highest BCUT2D eigenvalue weighted by atomic mass is 32.2. The van der Waals surface area contributed by atoms with Crippen LogP contribution in [0.4, 0.5) is 4.79 Å². The molecule has 4 N–H and O–H groups in total. The number of likely N-dealkylation sites (N-methyl/N-ethyl adjacent to an activating group) is 1. The molecular formula is C18H30N4O4S. The number of rotatable bonds is 10. The molecule has 3 aliphatic rings. The van der Waals surface area contributed by atoms with Crippen LogP contribution in [0.1, 0.15) is 45.4 Å². The number of hydrogen-bond donors (Lipinski definition) is 4. The third-order valence-electron chi connectivity index (χ3n) is 5.82. The van der Waals surface area contributed by atoms with Gasteiger partial charge in [-0.2, -0.15) is 11.8 Å². The Hall–Kier alpha value is -1.48. The highest BCUT2D eigenvalue weighted by Crippen LogP contribution is 2.33. The first kappa shape index (κ1) is 20.3. The summed E-state index contributed by atoms with van der Waals surface area (Å²) in [6.07, 6.45) is 5.07. The Kier molecular flexibility index (Phi) is 6.86. The number of hydrogen-bond acceptors (Lipinski definition) is 5. The predicted molar refractivity (Wildman–Crippen MR) is 104 cm³/mol. The van der Waals surface area contributed by atoms with Gasteiger partial charge >= 0.3 is 12.0 Å². The van der Waals surface area contributed by atoms with Crippen molar-refractivity contribution in [2.45, 2.75) is 74.9 Å². The molecule has 1 aliphatic carbocycles. The third kappa shape index (κ3) is 5.28. The number of nitrogens with zero attached hydrogens (tertiary/aromatic N) is 1. The van der Waals surface area contributed by atoms with Crippen molar-refractivity contribution in [3.05, 3.63) is 0 Å².